The second kappa shape index (κ2) is 5.41. The summed E-state index contributed by atoms with van der Waals surface area (Å²) in [5.74, 6) is 0.664. The Bertz CT molecular complexity index is 446. The van der Waals surface area contributed by atoms with Crippen molar-refractivity contribution < 1.29 is 4.74 Å². The van der Waals surface area contributed by atoms with E-state index in [1.807, 2.05) is 7.11 Å². The number of methoxy groups -OCH3 is 1. The highest BCUT2D eigenvalue weighted by Crippen LogP contribution is 2.30. The monoisotopic (exact) mass is 260 g/mol. The van der Waals surface area contributed by atoms with Crippen molar-refractivity contribution in [1.29, 1.82) is 0 Å². The molecule has 0 saturated carbocycles. The number of anilines is 2. The molecule has 1 saturated heterocycles. The van der Waals surface area contributed by atoms with Gasteiger partial charge >= 0.3 is 0 Å². The van der Waals surface area contributed by atoms with E-state index in [0.29, 0.717) is 12.0 Å². The van der Waals surface area contributed by atoms with Gasteiger partial charge in [0.2, 0.25) is 0 Å². The van der Waals surface area contributed by atoms with Crippen LogP contribution in [0.25, 0.3) is 0 Å². The van der Waals surface area contributed by atoms with Gasteiger partial charge in [0, 0.05) is 38.1 Å². The van der Waals surface area contributed by atoms with Crippen LogP contribution in [0.15, 0.2) is 18.2 Å². The molecule has 1 fully saturated rings. The van der Waals surface area contributed by atoms with Crippen LogP contribution < -0.4 is 10.2 Å². The lowest BCUT2D eigenvalue weighted by Gasteiger charge is -2.38. The third-order valence-electron chi connectivity index (χ3n) is 4.59. The number of rotatable bonds is 2. The van der Waals surface area contributed by atoms with Crippen molar-refractivity contribution in [3.05, 3.63) is 23.8 Å². The molecule has 2 aliphatic heterocycles. The zero-order valence-corrected chi connectivity index (χ0v) is 12.0. The number of nitrogens with zero attached hydrogens (tertiary/aromatic N) is 1. The van der Waals surface area contributed by atoms with Gasteiger partial charge in [-0.15, -0.1) is 0 Å². The molecule has 1 N–H and O–H groups in total. The van der Waals surface area contributed by atoms with E-state index in [-0.39, 0.29) is 0 Å². The number of benzene rings is 1. The number of hydrogen-bond acceptors (Lipinski definition) is 3. The van der Waals surface area contributed by atoms with Crippen LogP contribution in [-0.4, -0.2) is 32.8 Å². The second-order valence-corrected chi connectivity index (χ2v) is 5.86. The van der Waals surface area contributed by atoms with Crippen molar-refractivity contribution in [2.45, 2.75) is 32.3 Å². The molecule has 2 heterocycles. The molecular weight excluding hydrogens is 236 g/mol. The van der Waals surface area contributed by atoms with Gasteiger partial charge < -0.3 is 15.0 Å². The topological polar surface area (TPSA) is 24.5 Å². The van der Waals surface area contributed by atoms with Gasteiger partial charge in [-0.05, 0) is 42.9 Å². The zero-order valence-electron chi connectivity index (χ0n) is 12.0. The summed E-state index contributed by atoms with van der Waals surface area (Å²) in [6.07, 6.45) is 4.03. The minimum Gasteiger partial charge on any atom is -0.385 e. The predicted octanol–water partition coefficient (Wildman–Crippen LogP) is 2.91. The normalized spacial score (nSPS) is 26.7. The number of fused-ring (bicyclic) bond motifs is 1. The molecule has 2 atom stereocenters. The molecule has 0 spiro atoms. The molecule has 3 nitrogen and oxygen atoms in total. The lowest BCUT2D eigenvalue weighted by molar-refractivity contribution is 0.0498. The van der Waals surface area contributed by atoms with E-state index >= 15 is 0 Å². The van der Waals surface area contributed by atoms with Crippen molar-refractivity contribution in [1.82, 2.24) is 0 Å². The van der Waals surface area contributed by atoms with Gasteiger partial charge in [-0.1, -0.05) is 13.0 Å². The number of hydrogen-bond donors (Lipinski definition) is 1. The predicted molar refractivity (Wildman–Crippen MR) is 80.0 cm³/mol. The van der Waals surface area contributed by atoms with Gasteiger partial charge in [-0.2, -0.15) is 0 Å². The summed E-state index contributed by atoms with van der Waals surface area (Å²) < 4.78 is 5.61. The van der Waals surface area contributed by atoms with Crippen molar-refractivity contribution >= 4 is 11.4 Å². The summed E-state index contributed by atoms with van der Waals surface area (Å²) in [5.41, 5.74) is 4.13. The molecular formula is C16H24N2O. The van der Waals surface area contributed by atoms with Crippen LogP contribution >= 0.6 is 0 Å². The first kappa shape index (κ1) is 12.8. The van der Waals surface area contributed by atoms with Gasteiger partial charge in [0.05, 0.1) is 6.10 Å². The molecule has 1 aromatic rings. The fraction of sp³-hybridized carbons (Fsp3) is 0.625. The molecule has 0 radical (unpaired) electrons. The average molecular weight is 260 g/mol. The molecule has 0 amide bonds. The van der Waals surface area contributed by atoms with Gasteiger partial charge in [0.15, 0.2) is 0 Å². The molecule has 0 aromatic heterocycles. The minimum absolute atomic E-state index is 0.359. The van der Waals surface area contributed by atoms with E-state index in [4.69, 9.17) is 4.74 Å². The van der Waals surface area contributed by atoms with E-state index in [1.54, 1.807) is 0 Å². The Balaban J connectivity index is 1.78. The maximum Gasteiger partial charge on any atom is 0.0772 e. The Morgan fingerprint density at radius 3 is 3.11 bits per heavy atom. The Kier molecular flexibility index (Phi) is 3.65. The molecule has 0 aliphatic carbocycles. The van der Waals surface area contributed by atoms with Crippen LogP contribution in [0.1, 0.15) is 25.3 Å². The first-order valence-electron chi connectivity index (χ1n) is 7.42. The highest BCUT2D eigenvalue weighted by Gasteiger charge is 2.26. The Morgan fingerprint density at radius 2 is 2.26 bits per heavy atom. The van der Waals surface area contributed by atoms with E-state index in [9.17, 15) is 0 Å². The summed E-state index contributed by atoms with van der Waals surface area (Å²) in [6.45, 7) is 5.55. The first-order chi connectivity index (χ1) is 9.28. The van der Waals surface area contributed by atoms with E-state index < -0.39 is 0 Å². The lowest BCUT2D eigenvalue weighted by atomic mass is 9.95. The smallest absolute Gasteiger partial charge is 0.0772 e. The minimum atomic E-state index is 0.359. The standard InChI is InChI=1S/C16H24N2O/c1-12-7-9-18(11-16(12)19-2)14-6-5-13-4-3-8-17-15(13)10-14/h5-6,10,12,16-17H,3-4,7-9,11H2,1-2H3. The SMILES string of the molecule is COC1CN(c2ccc3c(c2)NCCC3)CCC1C. The molecule has 1 aromatic carbocycles. The molecule has 3 heteroatoms. The van der Waals surface area contributed by atoms with Crippen LogP contribution in [-0.2, 0) is 11.2 Å². The van der Waals surface area contributed by atoms with Gasteiger partial charge in [0.1, 0.15) is 0 Å². The number of nitrogens with one attached hydrogen (secondary N) is 1. The first-order valence-corrected chi connectivity index (χ1v) is 7.42. The van der Waals surface area contributed by atoms with Crippen molar-refractivity contribution in [2.75, 3.05) is 37.0 Å². The van der Waals surface area contributed by atoms with Gasteiger partial charge in [-0.3, -0.25) is 0 Å². The van der Waals surface area contributed by atoms with Crippen LogP contribution in [0, 0.1) is 5.92 Å². The van der Waals surface area contributed by atoms with E-state index in [0.717, 1.165) is 19.6 Å². The molecule has 3 rings (SSSR count). The maximum absolute atomic E-state index is 5.61. The highest BCUT2D eigenvalue weighted by atomic mass is 16.5. The Labute approximate surface area is 115 Å². The molecule has 19 heavy (non-hydrogen) atoms. The Hall–Kier alpha value is -1.22. The average Bonchev–Trinajstić information content (AvgIpc) is 2.47. The quantitative estimate of drug-likeness (QED) is 0.885. The van der Waals surface area contributed by atoms with Gasteiger partial charge in [0.25, 0.3) is 0 Å². The fourth-order valence-corrected chi connectivity index (χ4v) is 3.22. The van der Waals surface area contributed by atoms with E-state index in [1.165, 1.54) is 36.2 Å². The third kappa shape index (κ3) is 2.57. The number of aryl methyl sites for hydroxylation is 1. The summed E-state index contributed by atoms with van der Waals surface area (Å²) in [4.78, 5) is 2.46. The molecule has 104 valence electrons. The molecule has 0 bridgehead atoms. The van der Waals surface area contributed by atoms with Crippen molar-refractivity contribution in [3.8, 4) is 0 Å². The third-order valence-corrected chi connectivity index (χ3v) is 4.59. The number of ether oxygens (including phenoxy) is 1. The summed E-state index contributed by atoms with van der Waals surface area (Å²) in [7, 11) is 1.83. The zero-order chi connectivity index (χ0) is 13.2. The highest BCUT2D eigenvalue weighted by molar-refractivity contribution is 5.63. The van der Waals surface area contributed by atoms with E-state index in [2.05, 4.69) is 35.3 Å². The lowest BCUT2D eigenvalue weighted by Crippen LogP contribution is -2.44. The van der Waals surface area contributed by atoms with Crippen LogP contribution in [0.5, 0.6) is 0 Å². The molecule has 2 unspecified atom stereocenters. The summed E-state index contributed by atoms with van der Waals surface area (Å²) in [6, 6.07) is 6.88. The van der Waals surface area contributed by atoms with Crippen LogP contribution in [0.3, 0.4) is 0 Å². The fourth-order valence-electron chi connectivity index (χ4n) is 3.22. The van der Waals surface area contributed by atoms with Gasteiger partial charge in [-0.25, -0.2) is 0 Å². The second-order valence-electron chi connectivity index (χ2n) is 5.86. The summed E-state index contributed by atoms with van der Waals surface area (Å²) >= 11 is 0. The Morgan fingerprint density at radius 1 is 1.37 bits per heavy atom. The summed E-state index contributed by atoms with van der Waals surface area (Å²) in [5, 5.41) is 3.52. The molecule has 2 aliphatic rings. The maximum atomic E-state index is 5.61. The largest absolute Gasteiger partial charge is 0.385 e. The van der Waals surface area contributed by atoms with Crippen molar-refractivity contribution in [3.63, 3.8) is 0 Å². The number of piperidine rings is 1. The van der Waals surface area contributed by atoms with Crippen molar-refractivity contribution in [2.24, 2.45) is 5.92 Å². The van der Waals surface area contributed by atoms with Crippen LogP contribution in [0.2, 0.25) is 0 Å². The van der Waals surface area contributed by atoms with Crippen LogP contribution in [0.4, 0.5) is 11.4 Å².